The molecule has 0 radical (unpaired) electrons. The zero-order valence-corrected chi connectivity index (χ0v) is 12.3. The first-order chi connectivity index (χ1) is 9.28. The second-order valence-electron chi connectivity index (χ2n) is 4.98. The molecule has 0 aliphatic heterocycles. The number of aliphatic hydroxyl groups is 1. The molecule has 0 bridgehead atoms. The molecule has 0 aliphatic carbocycles. The number of methoxy groups -OCH3 is 2. The van der Waals surface area contributed by atoms with E-state index in [1.54, 1.807) is 25.8 Å². The van der Waals surface area contributed by atoms with Gasteiger partial charge < -0.3 is 19.5 Å². The fraction of sp³-hybridized carbons (Fsp3) is 0.538. The second-order valence-corrected chi connectivity index (χ2v) is 4.98. The molecule has 7 heteroatoms. The zero-order chi connectivity index (χ0) is 15.5. The summed E-state index contributed by atoms with van der Waals surface area (Å²) in [5, 5.41) is 20.6. The first kappa shape index (κ1) is 16.0. The van der Waals surface area contributed by atoms with E-state index in [2.05, 4.69) is 0 Å². The molecule has 0 spiro atoms. The Labute approximate surface area is 117 Å². The number of nitro benzene ring substituents is 1. The predicted molar refractivity (Wildman–Crippen MR) is 75.8 cm³/mol. The van der Waals surface area contributed by atoms with Crippen molar-refractivity contribution in [2.24, 2.45) is 0 Å². The van der Waals surface area contributed by atoms with Crippen molar-refractivity contribution in [2.75, 3.05) is 32.8 Å². The monoisotopic (exact) mass is 284 g/mol. The van der Waals surface area contributed by atoms with Gasteiger partial charge in [-0.05, 0) is 13.8 Å². The summed E-state index contributed by atoms with van der Waals surface area (Å²) < 4.78 is 10.2. The number of benzene rings is 1. The van der Waals surface area contributed by atoms with Crippen molar-refractivity contribution in [3.63, 3.8) is 0 Å². The number of nitrogens with zero attached hydrogens (tertiary/aromatic N) is 2. The van der Waals surface area contributed by atoms with Crippen molar-refractivity contribution in [3.8, 4) is 11.5 Å². The molecule has 0 saturated heterocycles. The summed E-state index contributed by atoms with van der Waals surface area (Å²) in [6.45, 7) is 3.43. The van der Waals surface area contributed by atoms with Gasteiger partial charge in [-0.3, -0.25) is 10.1 Å². The topological polar surface area (TPSA) is 85.1 Å². The SMILES string of the molecule is COc1cc(N(C)C(C)(C)CO)c([N+](=O)[O-])cc1OC. The number of hydrogen-bond acceptors (Lipinski definition) is 6. The van der Waals surface area contributed by atoms with Crippen LogP contribution in [0, 0.1) is 10.1 Å². The number of anilines is 1. The average Bonchev–Trinajstić information content (AvgIpc) is 2.44. The van der Waals surface area contributed by atoms with Gasteiger partial charge >= 0.3 is 0 Å². The van der Waals surface area contributed by atoms with Gasteiger partial charge in [0.15, 0.2) is 11.5 Å². The maximum absolute atomic E-state index is 11.2. The van der Waals surface area contributed by atoms with E-state index in [4.69, 9.17) is 9.47 Å². The van der Waals surface area contributed by atoms with Crippen LogP contribution in [0.2, 0.25) is 0 Å². The molecule has 0 saturated carbocycles. The molecule has 0 amide bonds. The zero-order valence-electron chi connectivity index (χ0n) is 12.3. The molecule has 1 aromatic carbocycles. The minimum Gasteiger partial charge on any atom is -0.493 e. The predicted octanol–water partition coefficient (Wildman–Crippen LogP) is 1.82. The van der Waals surface area contributed by atoms with Crippen LogP contribution in [0.15, 0.2) is 12.1 Å². The average molecular weight is 284 g/mol. The third kappa shape index (κ3) is 2.93. The highest BCUT2D eigenvalue weighted by molar-refractivity contribution is 5.70. The van der Waals surface area contributed by atoms with E-state index < -0.39 is 10.5 Å². The summed E-state index contributed by atoms with van der Waals surface area (Å²) in [4.78, 5) is 12.4. The van der Waals surface area contributed by atoms with Gasteiger partial charge in [0.25, 0.3) is 5.69 Å². The lowest BCUT2D eigenvalue weighted by atomic mass is 10.0. The number of nitro groups is 1. The lowest BCUT2D eigenvalue weighted by Gasteiger charge is -2.35. The molecule has 0 atom stereocenters. The molecular formula is C13H20N2O5. The van der Waals surface area contributed by atoms with Crippen molar-refractivity contribution in [1.82, 2.24) is 0 Å². The van der Waals surface area contributed by atoms with Gasteiger partial charge in [0, 0.05) is 13.1 Å². The van der Waals surface area contributed by atoms with Crippen LogP contribution in [0.3, 0.4) is 0 Å². The van der Waals surface area contributed by atoms with Crippen LogP contribution in [0.25, 0.3) is 0 Å². The summed E-state index contributed by atoms with van der Waals surface area (Å²) in [5.74, 6) is 0.687. The Hall–Kier alpha value is -2.02. The minimum atomic E-state index is -0.648. The molecule has 1 aromatic rings. The van der Waals surface area contributed by atoms with Gasteiger partial charge in [-0.1, -0.05) is 0 Å². The molecule has 1 rings (SSSR count). The van der Waals surface area contributed by atoms with E-state index in [0.717, 1.165) is 0 Å². The smallest absolute Gasteiger partial charge is 0.296 e. The second kappa shape index (κ2) is 5.96. The summed E-state index contributed by atoms with van der Waals surface area (Å²) in [7, 11) is 4.57. The first-order valence-electron chi connectivity index (χ1n) is 6.03. The normalized spacial score (nSPS) is 11.1. The Bertz CT molecular complexity index is 502. The highest BCUT2D eigenvalue weighted by atomic mass is 16.6. The quantitative estimate of drug-likeness (QED) is 0.633. The Balaban J connectivity index is 3.47. The molecule has 7 nitrogen and oxygen atoms in total. The summed E-state index contributed by atoms with van der Waals surface area (Å²) in [6, 6.07) is 2.85. The van der Waals surface area contributed by atoms with Crippen LogP contribution < -0.4 is 14.4 Å². The summed E-state index contributed by atoms with van der Waals surface area (Å²) >= 11 is 0. The number of rotatable bonds is 6. The largest absolute Gasteiger partial charge is 0.493 e. The maximum Gasteiger partial charge on any atom is 0.296 e. The Morgan fingerprint density at radius 3 is 2.20 bits per heavy atom. The Morgan fingerprint density at radius 2 is 1.80 bits per heavy atom. The van der Waals surface area contributed by atoms with Gasteiger partial charge in [-0.2, -0.15) is 0 Å². The minimum absolute atomic E-state index is 0.105. The van der Waals surface area contributed by atoms with Gasteiger partial charge in [0.05, 0.1) is 37.4 Å². The maximum atomic E-state index is 11.2. The van der Waals surface area contributed by atoms with Crippen LogP contribution in [0.4, 0.5) is 11.4 Å². The van der Waals surface area contributed by atoms with Crippen molar-refractivity contribution in [1.29, 1.82) is 0 Å². The number of ether oxygens (including phenoxy) is 2. The van der Waals surface area contributed by atoms with Gasteiger partial charge in [-0.15, -0.1) is 0 Å². The van der Waals surface area contributed by atoms with Crippen LogP contribution in [0.5, 0.6) is 11.5 Å². The highest BCUT2D eigenvalue weighted by Crippen LogP contribution is 2.40. The third-order valence-corrected chi connectivity index (χ3v) is 3.33. The van der Waals surface area contributed by atoms with E-state index >= 15 is 0 Å². The van der Waals surface area contributed by atoms with Gasteiger partial charge in [-0.25, -0.2) is 0 Å². The lowest BCUT2D eigenvalue weighted by Crippen LogP contribution is -2.44. The van der Waals surface area contributed by atoms with E-state index in [1.807, 2.05) is 0 Å². The molecular weight excluding hydrogens is 264 g/mol. The standard InChI is InChI=1S/C13H20N2O5/c1-13(2,8-16)14(3)9-6-11(19-4)12(20-5)7-10(9)15(17)18/h6-7,16H,8H2,1-5H3. The van der Waals surface area contributed by atoms with Crippen LogP contribution >= 0.6 is 0 Å². The summed E-state index contributed by atoms with van der Waals surface area (Å²) in [5.41, 5.74) is -0.400. The van der Waals surface area contributed by atoms with Crippen LogP contribution in [0.1, 0.15) is 13.8 Å². The molecule has 0 unspecified atom stereocenters. The van der Waals surface area contributed by atoms with E-state index in [0.29, 0.717) is 11.4 Å². The Kier molecular flexibility index (Phi) is 4.78. The molecule has 0 aromatic heterocycles. The van der Waals surface area contributed by atoms with Gasteiger partial charge in [0.2, 0.25) is 0 Å². The fourth-order valence-electron chi connectivity index (χ4n) is 1.70. The van der Waals surface area contributed by atoms with Crippen molar-refractivity contribution in [3.05, 3.63) is 22.2 Å². The van der Waals surface area contributed by atoms with Crippen molar-refractivity contribution in [2.45, 2.75) is 19.4 Å². The fourth-order valence-corrected chi connectivity index (χ4v) is 1.70. The summed E-state index contributed by atoms with van der Waals surface area (Å²) in [6.07, 6.45) is 0. The van der Waals surface area contributed by atoms with E-state index in [9.17, 15) is 15.2 Å². The molecule has 0 heterocycles. The highest BCUT2D eigenvalue weighted by Gasteiger charge is 2.30. The molecule has 112 valence electrons. The lowest BCUT2D eigenvalue weighted by molar-refractivity contribution is -0.384. The van der Waals surface area contributed by atoms with Crippen LogP contribution in [-0.4, -0.2) is 43.4 Å². The number of hydrogen-bond donors (Lipinski definition) is 1. The first-order valence-corrected chi connectivity index (χ1v) is 6.03. The van der Waals surface area contributed by atoms with Gasteiger partial charge in [0.1, 0.15) is 5.69 Å². The van der Waals surface area contributed by atoms with Crippen molar-refractivity contribution < 1.29 is 19.5 Å². The molecule has 1 N–H and O–H groups in total. The van der Waals surface area contributed by atoms with E-state index in [1.165, 1.54) is 26.4 Å². The third-order valence-electron chi connectivity index (χ3n) is 3.33. The molecule has 20 heavy (non-hydrogen) atoms. The number of likely N-dealkylation sites (N-methyl/N-ethyl adjacent to an activating group) is 1. The van der Waals surface area contributed by atoms with E-state index in [-0.39, 0.29) is 18.0 Å². The van der Waals surface area contributed by atoms with Crippen LogP contribution in [-0.2, 0) is 0 Å². The van der Waals surface area contributed by atoms with Crippen molar-refractivity contribution >= 4 is 11.4 Å². The molecule has 0 fully saturated rings. The Morgan fingerprint density at radius 1 is 1.30 bits per heavy atom. The molecule has 0 aliphatic rings. The number of aliphatic hydroxyl groups excluding tert-OH is 1.